The lowest BCUT2D eigenvalue weighted by Gasteiger charge is -2.22. The molecule has 3 aromatic rings. The molecule has 0 saturated heterocycles. The average molecular weight is 799 g/mol. The maximum absolute atomic E-state index is 13.0. The van der Waals surface area contributed by atoms with Crippen LogP contribution in [0.2, 0.25) is 5.02 Å². The molecule has 4 rings (SSSR count). The number of amides is 2. The number of fused-ring (bicyclic) bond motifs is 1. The van der Waals surface area contributed by atoms with Gasteiger partial charge in [0.1, 0.15) is 18.1 Å². The number of benzene rings is 2. The summed E-state index contributed by atoms with van der Waals surface area (Å²) in [6, 6.07) is 8.37. The minimum absolute atomic E-state index is 0.0149. The van der Waals surface area contributed by atoms with Gasteiger partial charge < -0.3 is 30.5 Å². The molecule has 0 radical (unpaired) electrons. The zero-order valence-corrected chi connectivity index (χ0v) is 33.6. The van der Waals surface area contributed by atoms with Crippen LogP contribution < -0.4 is 21.5 Å². The van der Waals surface area contributed by atoms with Gasteiger partial charge in [-0.15, -0.1) is 0 Å². The molecule has 2 amide bonds. The number of anilines is 2. The fraction of sp³-hybridized carbons (Fsp3) is 0.400. The van der Waals surface area contributed by atoms with Crippen molar-refractivity contribution in [2.75, 3.05) is 36.9 Å². The molecule has 2 heterocycles. The van der Waals surface area contributed by atoms with E-state index in [0.717, 1.165) is 55.3 Å². The number of amidine groups is 1. The fourth-order valence-electron chi connectivity index (χ4n) is 6.03. The first-order chi connectivity index (χ1) is 26.4. The molecule has 4 N–H and O–H groups in total. The van der Waals surface area contributed by atoms with Crippen molar-refractivity contribution < 1.29 is 27.9 Å². The van der Waals surface area contributed by atoms with Crippen molar-refractivity contribution in [3.8, 4) is 0 Å². The highest BCUT2D eigenvalue weighted by atomic mass is 35.5. The van der Waals surface area contributed by atoms with E-state index >= 15 is 0 Å². The Hall–Kier alpha value is -5.44. The number of rotatable bonds is 13. The van der Waals surface area contributed by atoms with Crippen LogP contribution >= 0.6 is 11.6 Å². The van der Waals surface area contributed by atoms with Crippen LogP contribution in [0.25, 0.3) is 0 Å². The van der Waals surface area contributed by atoms with Gasteiger partial charge in [-0.05, 0) is 88.4 Å². The minimum Gasteiger partial charge on any atom is -0.505 e. The van der Waals surface area contributed by atoms with E-state index in [1.165, 1.54) is 4.57 Å². The second-order valence-electron chi connectivity index (χ2n) is 13.1. The van der Waals surface area contributed by atoms with Gasteiger partial charge in [0, 0.05) is 55.4 Å². The van der Waals surface area contributed by atoms with E-state index in [1.54, 1.807) is 31.9 Å². The lowest BCUT2D eigenvalue weighted by atomic mass is 10.1. The summed E-state index contributed by atoms with van der Waals surface area (Å²) >= 11 is 5.99. The van der Waals surface area contributed by atoms with Crippen molar-refractivity contribution in [1.82, 2.24) is 14.5 Å². The number of hydrogen-bond donors (Lipinski definition) is 3. The highest BCUT2D eigenvalue weighted by molar-refractivity contribution is 6.33. The average Bonchev–Trinajstić information content (AvgIpc) is 3.53. The highest BCUT2D eigenvalue weighted by Gasteiger charge is 2.31. The van der Waals surface area contributed by atoms with Crippen LogP contribution in [0, 0.1) is 6.92 Å². The van der Waals surface area contributed by atoms with E-state index in [9.17, 15) is 32.7 Å². The molecular weight excluding hydrogens is 749 g/mol. The van der Waals surface area contributed by atoms with Gasteiger partial charge in [0.25, 0.3) is 11.5 Å². The third-order valence-corrected chi connectivity index (χ3v) is 9.25. The molecule has 12 nitrogen and oxygen atoms in total. The number of carbonyl (C=O) groups is 2. The zero-order valence-electron chi connectivity index (χ0n) is 32.8. The molecule has 2 aromatic carbocycles. The number of nitrogens with one attached hydrogen (secondary N) is 1. The smallest absolute Gasteiger partial charge is 0.416 e. The molecule has 56 heavy (non-hydrogen) atoms. The van der Waals surface area contributed by atoms with E-state index in [1.807, 2.05) is 46.0 Å². The summed E-state index contributed by atoms with van der Waals surface area (Å²) in [5.74, 6) is -0.875. The summed E-state index contributed by atoms with van der Waals surface area (Å²) in [5, 5.41) is 12.1. The van der Waals surface area contributed by atoms with Gasteiger partial charge in [-0.25, -0.2) is 0 Å². The van der Waals surface area contributed by atoms with Crippen LogP contribution in [0.15, 0.2) is 74.8 Å². The molecule has 0 spiro atoms. The van der Waals surface area contributed by atoms with Gasteiger partial charge in [0.05, 0.1) is 27.5 Å². The lowest BCUT2D eigenvalue weighted by molar-refractivity contribution is -0.137. The number of nitrogens with two attached hydrogens (primary N) is 1. The minimum atomic E-state index is -4.57. The Morgan fingerprint density at radius 1 is 1.14 bits per heavy atom. The van der Waals surface area contributed by atoms with Crippen molar-refractivity contribution in [3.63, 3.8) is 0 Å². The summed E-state index contributed by atoms with van der Waals surface area (Å²) in [5.41, 5.74) is 9.17. The maximum Gasteiger partial charge on any atom is 0.416 e. The number of carbonyl (C=O) groups excluding carboxylic acids is 2. The molecule has 0 atom stereocenters. The lowest BCUT2D eigenvalue weighted by Crippen LogP contribution is -2.33. The monoisotopic (exact) mass is 798 g/mol. The van der Waals surface area contributed by atoms with Gasteiger partial charge in [-0.1, -0.05) is 39.0 Å². The van der Waals surface area contributed by atoms with Crippen molar-refractivity contribution in [2.45, 2.75) is 79.9 Å². The van der Waals surface area contributed by atoms with E-state index in [0.29, 0.717) is 42.0 Å². The quantitative estimate of drug-likeness (QED) is 0.0531. The molecule has 0 fully saturated rings. The molecule has 16 heteroatoms. The fourth-order valence-corrected chi connectivity index (χ4v) is 6.26. The Balaban J connectivity index is 0.000000395. The highest BCUT2D eigenvalue weighted by Crippen LogP contribution is 2.34. The van der Waals surface area contributed by atoms with E-state index in [4.69, 9.17) is 17.3 Å². The first-order valence-electron chi connectivity index (χ1n) is 18.2. The van der Waals surface area contributed by atoms with Crippen LogP contribution in [-0.2, 0) is 35.2 Å². The van der Waals surface area contributed by atoms with E-state index in [-0.39, 0.29) is 46.3 Å². The second kappa shape index (κ2) is 19.9. The summed E-state index contributed by atoms with van der Waals surface area (Å²) < 4.78 is 40.3. The Morgan fingerprint density at radius 3 is 2.38 bits per heavy atom. The van der Waals surface area contributed by atoms with Crippen molar-refractivity contribution in [2.24, 2.45) is 15.7 Å². The van der Waals surface area contributed by atoms with Gasteiger partial charge >= 0.3 is 6.18 Å². The molecule has 302 valence electrons. The molecule has 1 aromatic heterocycles. The molecule has 0 saturated carbocycles. The first kappa shape index (κ1) is 45.0. The predicted molar refractivity (Wildman–Crippen MR) is 217 cm³/mol. The number of alkyl halides is 3. The number of likely N-dealkylation sites (N-methyl/N-ethyl adjacent to an activating group) is 1. The molecule has 0 unspecified atom stereocenters. The van der Waals surface area contributed by atoms with E-state index in [2.05, 4.69) is 31.8 Å². The molecule has 1 aliphatic heterocycles. The van der Waals surface area contributed by atoms with Gasteiger partial charge in [-0.3, -0.25) is 19.4 Å². The summed E-state index contributed by atoms with van der Waals surface area (Å²) in [6.45, 7) is 16.4. The van der Waals surface area contributed by atoms with Gasteiger partial charge in [0.2, 0.25) is 11.9 Å². The molecule has 1 aliphatic rings. The zero-order chi connectivity index (χ0) is 41.9. The van der Waals surface area contributed by atoms with Gasteiger partial charge in [0.15, 0.2) is 0 Å². The van der Waals surface area contributed by atoms with Crippen molar-refractivity contribution >= 4 is 52.8 Å². The number of aromatic nitrogens is 2. The topological polar surface area (TPSA) is 159 Å². The summed E-state index contributed by atoms with van der Waals surface area (Å²) in [6.07, 6.45) is 0.0336. The van der Waals surface area contributed by atoms with Crippen LogP contribution in [0.3, 0.4) is 0 Å². The number of aliphatic hydroxyl groups is 1. The van der Waals surface area contributed by atoms with Gasteiger partial charge in [-0.2, -0.15) is 23.1 Å². The standard InChI is InChI=1S/C26H26ClF3N6O2.C14H24N2O2/c1-4-20-14(2)24(38)34-25(33-23(31)16-5-8-21-15(11-16)9-10-35(21)3)36(20)13-22(37)32-19-7-6-17(12-18(19)27)26(28,29)30;1-6-9-16(10-7-2)14(18)11(4)13(17)12(5)15-8-3/h5-8,11-12H,4,9-10,13H2,1-3H3,(H,32,37)(H2,31,33,34,38);8,17H,4,6-7,9-10H2,1-3,5H3/b;13-12+,15-8?. The second-order valence-corrected chi connectivity index (χ2v) is 13.5. The number of aliphatic imine (C=N–C) groups is 2. The third kappa shape index (κ3) is 11.3. The summed E-state index contributed by atoms with van der Waals surface area (Å²) in [4.78, 5) is 53.9. The van der Waals surface area contributed by atoms with Crippen LogP contribution in [0.5, 0.6) is 0 Å². The van der Waals surface area contributed by atoms with E-state index < -0.39 is 23.2 Å². The number of aliphatic hydroxyl groups excluding tert-OH is 1. The van der Waals surface area contributed by atoms with Crippen LogP contribution in [0.1, 0.15) is 75.4 Å². The largest absolute Gasteiger partial charge is 0.505 e. The number of nitrogens with zero attached hydrogens (tertiary/aromatic N) is 6. The van der Waals surface area contributed by atoms with Crippen LogP contribution in [0.4, 0.5) is 30.5 Å². The predicted octanol–water partition coefficient (Wildman–Crippen LogP) is 7.53. The molecule has 0 bridgehead atoms. The number of allylic oxidation sites excluding steroid dienone is 1. The Bertz CT molecular complexity index is 2090. The normalized spacial score (nSPS) is 13.2. The first-order valence-corrected chi connectivity index (χ1v) is 18.6. The molecular formula is C40H50ClF3N8O4. The number of halogens is 4. The van der Waals surface area contributed by atoms with Crippen LogP contribution in [-0.4, -0.2) is 70.1 Å². The van der Waals surface area contributed by atoms with Crippen molar-refractivity contribution in [1.29, 1.82) is 0 Å². The Kier molecular flexibility index (Phi) is 16.0. The summed E-state index contributed by atoms with van der Waals surface area (Å²) in [7, 11) is 2.01. The molecule has 0 aliphatic carbocycles. The third-order valence-electron chi connectivity index (χ3n) is 8.94. The van der Waals surface area contributed by atoms with Crippen molar-refractivity contribution in [3.05, 3.63) is 103 Å². The maximum atomic E-state index is 13.0. The number of hydrogen-bond acceptors (Lipinski definition) is 8. The SMILES string of the molecule is C=C(C(=O)N(CCC)CCC)/C(O)=C(/C)N=CC.CCc1c(C)c(=O)nc(/N=C(\N)c2ccc3c(c2)CCN3C)n1CC(=O)Nc1ccc(C(F)(F)F)cc1Cl. The Labute approximate surface area is 330 Å². The Morgan fingerprint density at radius 2 is 1.80 bits per heavy atom.